The summed E-state index contributed by atoms with van der Waals surface area (Å²) in [6, 6.07) is 44.9. The van der Waals surface area contributed by atoms with Crippen molar-refractivity contribution in [3.63, 3.8) is 0 Å². The number of carbonyl (C=O) groups is 6. The summed E-state index contributed by atoms with van der Waals surface area (Å²) >= 11 is 32.0. The Balaban J connectivity index is 0.000000488. The number of rotatable bonds is 27. The minimum absolute atomic E-state index is 0.380. The average Bonchev–Trinajstić information content (AvgIpc) is 3.47. The van der Waals surface area contributed by atoms with Crippen LogP contribution in [0.1, 0.15) is 233 Å². The van der Waals surface area contributed by atoms with Gasteiger partial charge in [0, 0.05) is 33.4 Å². The molecule has 0 heterocycles. The van der Waals surface area contributed by atoms with Crippen molar-refractivity contribution >= 4 is 101 Å². The summed E-state index contributed by atoms with van der Waals surface area (Å²) in [4.78, 5) is 64.5. The molecule has 6 aromatic carbocycles. The van der Waals surface area contributed by atoms with E-state index < -0.39 is 10.5 Å². The smallest absolute Gasteiger partial charge is 0.252 e. The lowest BCUT2D eigenvalue weighted by Gasteiger charge is -2.02. The molecule has 0 aliphatic carbocycles. The SMILES string of the molecule is CCCCCCCc1ccc(C(=O)Cl)cc1.CCCCCCc1ccc(C(=O)Cl)cc1.CCCCCc1ccc(C(=O)Cl)cc1.CCCCc1ccc(C(=O)Cl)cc1.CCCc1ccc(C(=O)Cl)cc1.CCc1ccc(C(=O)Cl)cc1. The number of halogens is 6. The van der Waals surface area contributed by atoms with Gasteiger partial charge in [-0.25, -0.2) is 0 Å². The zero-order valence-electron chi connectivity index (χ0n) is 48.4. The molecule has 0 saturated carbocycles. The van der Waals surface area contributed by atoms with Gasteiger partial charge in [-0.2, -0.15) is 0 Å². The minimum Gasteiger partial charge on any atom is -0.276 e. The number of benzene rings is 6. The molecular formula is C69H84Cl6O6. The molecule has 0 atom stereocenters. The van der Waals surface area contributed by atoms with E-state index >= 15 is 0 Å². The Bertz CT molecular complexity index is 2670. The second kappa shape index (κ2) is 46.6. The van der Waals surface area contributed by atoms with Crippen LogP contribution in [0.15, 0.2) is 146 Å². The average molecular weight is 1220 g/mol. The summed E-state index contributed by atoms with van der Waals surface area (Å²) in [7, 11) is 0. The Kier molecular flexibility index (Phi) is 42.6. The van der Waals surface area contributed by atoms with Crippen LogP contribution < -0.4 is 0 Å². The lowest BCUT2D eigenvalue weighted by molar-refractivity contribution is 0.107. The molecule has 0 aliphatic rings. The molecule has 0 amide bonds. The molecule has 0 aliphatic heterocycles. The van der Waals surface area contributed by atoms with Gasteiger partial charge in [0.15, 0.2) is 0 Å². The minimum atomic E-state index is -0.396. The molecule has 0 N–H and O–H groups in total. The molecule has 0 aromatic heterocycles. The molecular weight excluding hydrogens is 1140 g/mol. The van der Waals surface area contributed by atoms with Crippen molar-refractivity contribution in [3.05, 3.63) is 212 Å². The summed E-state index contributed by atoms with van der Waals surface area (Å²) in [5.41, 5.74) is 11.0. The summed E-state index contributed by atoms with van der Waals surface area (Å²) in [5.74, 6) is 0. The van der Waals surface area contributed by atoms with Gasteiger partial charge in [0.2, 0.25) is 0 Å². The van der Waals surface area contributed by atoms with Crippen LogP contribution >= 0.6 is 69.6 Å². The van der Waals surface area contributed by atoms with E-state index in [9.17, 15) is 28.8 Å². The summed E-state index contributed by atoms with van der Waals surface area (Å²) in [6.45, 7) is 13.0. The maximum absolute atomic E-state index is 10.9. The van der Waals surface area contributed by atoms with Crippen molar-refractivity contribution in [2.45, 2.75) is 176 Å². The predicted octanol–water partition coefficient (Wildman–Crippen LogP) is 21.6. The van der Waals surface area contributed by atoms with Gasteiger partial charge in [-0.1, -0.05) is 185 Å². The second-order valence-corrected chi connectivity index (χ2v) is 21.5. The van der Waals surface area contributed by atoms with Gasteiger partial charge in [-0.3, -0.25) is 28.8 Å². The zero-order chi connectivity index (χ0) is 60.2. The largest absolute Gasteiger partial charge is 0.276 e. The first-order valence-corrected chi connectivity index (χ1v) is 30.9. The van der Waals surface area contributed by atoms with E-state index in [2.05, 4.69) is 41.5 Å². The Morgan fingerprint density at radius 1 is 0.222 bits per heavy atom. The molecule has 0 radical (unpaired) electrons. The molecule has 6 rings (SSSR count). The monoisotopic (exact) mass is 1220 g/mol. The molecule has 81 heavy (non-hydrogen) atoms. The summed E-state index contributed by atoms with van der Waals surface area (Å²) < 4.78 is 0. The van der Waals surface area contributed by atoms with Crippen molar-refractivity contribution in [1.29, 1.82) is 0 Å². The van der Waals surface area contributed by atoms with E-state index in [0.717, 1.165) is 44.9 Å². The highest BCUT2D eigenvalue weighted by atomic mass is 35.5. The number of carbonyl (C=O) groups excluding carboxylic acids is 6. The van der Waals surface area contributed by atoms with Gasteiger partial charge >= 0.3 is 0 Å². The van der Waals surface area contributed by atoms with E-state index in [1.165, 1.54) is 123 Å². The quantitative estimate of drug-likeness (QED) is 0.0376. The second-order valence-electron chi connectivity index (χ2n) is 19.5. The first kappa shape index (κ1) is 74.1. The Morgan fingerprint density at radius 3 is 0.630 bits per heavy atom. The van der Waals surface area contributed by atoms with Crippen molar-refractivity contribution in [1.82, 2.24) is 0 Å². The highest BCUT2D eigenvalue weighted by Crippen LogP contribution is 2.16. The Morgan fingerprint density at radius 2 is 0.407 bits per heavy atom. The molecule has 0 fully saturated rings. The fourth-order valence-corrected chi connectivity index (χ4v) is 8.58. The van der Waals surface area contributed by atoms with Crippen molar-refractivity contribution in [2.24, 2.45) is 0 Å². The van der Waals surface area contributed by atoms with Gasteiger partial charge in [-0.05, 0) is 240 Å². The van der Waals surface area contributed by atoms with Crippen LogP contribution in [0.4, 0.5) is 0 Å². The van der Waals surface area contributed by atoms with E-state index in [-0.39, 0.29) is 21.0 Å². The van der Waals surface area contributed by atoms with Gasteiger partial charge in [0.25, 0.3) is 31.5 Å². The number of hydrogen-bond acceptors (Lipinski definition) is 6. The first-order chi connectivity index (χ1) is 38.9. The van der Waals surface area contributed by atoms with Crippen LogP contribution in [-0.4, -0.2) is 31.5 Å². The third-order valence-electron chi connectivity index (χ3n) is 12.8. The van der Waals surface area contributed by atoms with Gasteiger partial charge in [0.1, 0.15) is 0 Å². The fraction of sp³-hybridized carbons (Fsp3) is 0.391. The van der Waals surface area contributed by atoms with Crippen molar-refractivity contribution in [2.75, 3.05) is 0 Å². The molecule has 0 spiro atoms. The molecule has 438 valence electrons. The number of aryl methyl sites for hydroxylation is 6. The highest BCUT2D eigenvalue weighted by Gasteiger charge is 2.05. The van der Waals surface area contributed by atoms with Crippen molar-refractivity contribution in [3.8, 4) is 0 Å². The lowest BCUT2D eigenvalue weighted by Crippen LogP contribution is -1.90. The Hall–Kier alpha value is -4.92. The van der Waals surface area contributed by atoms with Gasteiger partial charge in [-0.15, -0.1) is 0 Å². The van der Waals surface area contributed by atoms with Crippen LogP contribution in [0.3, 0.4) is 0 Å². The van der Waals surface area contributed by atoms with E-state index in [4.69, 9.17) is 69.6 Å². The zero-order valence-corrected chi connectivity index (χ0v) is 53.0. The van der Waals surface area contributed by atoms with Crippen LogP contribution in [-0.2, 0) is 38.5 Å². The van der Waals surface area contributed by atoms with Gasteiger partial charge < -0.3 is 0 Å². The topological polar surface area (TPSA) is 102 Å². The van der Waals surface area contributed by atoms with Crippen LogP contribution in [0.2, 0.25) is 0 Å². The summed E-state index contributed by atoms with van der Waals surface area (Å²) in [6.07, 6.45) is 25.1. The predicted molar refractivity (Wildman–Crippen MR) is 345 cm³/mol. The summed E-state index contributed by atoms with van der Waals surface area (Å²) in [5, 5.41) is -2.32. The number of unbranched alkanes of at least 4 members (excludes halogenated alkanes) is 10. The maximum Gasteiger partial charge on any atom is 0.252 e. The van der Waals surface area contributed by atoms with Crippen LogP contribution in [0.25, 0.3) is 0 Å². The van der Waals surface area contributed by atoms with E-state index in [1.54, 1.807) is 72.8 Å². The third-order valence-corrected chi connectivity index (χ3v) is 14.1. The van der Waals surface area contributed by atoms with Crippen LogP contribution in [0.5, 0.6) is 0 Å². The lowest BCUT2D eigenvalue weighted by atomic mass is 10.0. The maximum atomic E-state index is 10.9. The molecule has 6 aromatic rings. The molecule has 0 unspecified atom stereocenters. The molecule has 6 nitrogen and oxygen atoms in total. The normalized spacial score (nSPS) is 10.1. The molecule has 0 bridgehead atoms. The van der Waals surface area contributed by atoms with Gasteiger partial charge in [0.05, 0.1) is 0 Å². The van der Waals surface area contributed by atoms with Crippen LogP contribution in [0, 0.1) is 0 Å². The van der Waals surface area contributed by atoms with Crippen molar-refractivity contribution < 1.29 is 28.8 Å². The molecule has 12 heteroatoms. The molecule has 0 saturated heterocycles. The Labute approximate surface area is 515 Å². The highest BCUT2D eigenvalue weighted by molar-refractivity contribution is 6.69. The fourth-order valence-electron chi connectivity index (χ4n) is 7.82. The first-order valence-electron chi connectivity index (χ1n) is 28.7. The van der Waals surface area contributed by atoms with E-state index in [1.807, 2.05) is 72.8 Å². The standard InChI is InChI=1S/C14H19ClO.C13H17ClO.C12H15ClO.C11H13ClO.C10H11ClO.C9H9ClO/c1-2-3-4-5-6-7-12-8-10-13(11-9-12)14(15)16;1-2-3-4-5-6-11-7-9-12(10-8-11)13(14)15;1-2-3-4-5-10-6-8-11(9-7-10)12(13)14;1-2-3-4-9-5-7-10(8-6-9)11(12)13;1-2-3-8-4-6-9(7-5-8)10(11)12;1-2-7-3-5-8(6-4-7)9(10)11/h8-11H,2-7H2,1H3;7-10H,2-6H2,1H3;6-9H,2-5H2,1H3;5-8H,2-4H2,1H3;4-7H,2-3H2,1H3;3-6H,2H2,1H3. The number of hydrogen-bond donors (Lipinski definition) is 0. The third kappa shape index (κ3) is 35.6. The van der Waals surface area contributed by atoms with E-state index in [0.29, 0.717) is 33.4 Å².